The average molecular weight is 410 g/mol. The van der Waals surface area contributed by atoms with Crippen LogP contribution in [0, 0.1) is 5.92 Å². The Hall–Kier alpha value is -1.83. The molecule has 0 saturated carbocycles. The van der Waals surface area contributed by atoms with Gasteiger partial charge in [-0.25, -0.2) is 4.98 Å². The minimum atomic E-state index is -0.287. The summed E-state index contributed by atoms with van der Waals surface area (Å²) in [5.74, 6) is 1.26. The number of carbonyl (C=O) groups is 1. The first-order valence-corrected chi connectivity index (χ1v) is 10.2. The second-order valence-corrected chi connectivity index (χ2v) is 8.04. The van der Waals surface area contributed by atoms with Crippen molar-refractivity contribution in [1.29, 1.82) is 0 Å². The molecule has 1 saturated heterocycles. The number of benzene rings is 1. The number of ether oxygens (including phenoxy) is 2. The van der Waals surface area contributed by atoms with Gasteiger partial charge in [-0.3, -0.25) is 15.0 Å². The molecule has 0 bridgehead atoms. The number of nitrogens with zero attached hydrogens (tertiary/aromatic N) is 2. The minimum Gasteiger partial charge on any atom is -0.493 e. The Morgan fingerprint density at radius 3 is 2.93 bits per heavy atom. The zero-order valence-corrected chi connectivity index (χ0v) is 17.3. The van der Waals surface area contributed by atoms with Crippen molar-refractivity contribution in [2.75, 3.05) is 32.6 Å². The van der Waals surface area contributed by atoms with Gasteiger partial charge in [0.2, 0.25) is 0 Å². The van der Waals surface area contributed by atoms with Crippen molar-refractivity contribution in [2.45, 2.75) is 26.3 Å². The molecule has 1 aromatic heterocycles. The molecule has 0 radical (unpaired) electrons. The van der Waals surface area contributed by atoms with E-state index in [1.165, 1.54) is 38.4 Å². The molecule has 1 aromatic carbocycles. The largest absolute Gasteiger partial charge is 0.493 e. The number of hydrogen-bond donors (Lipinski definition) is 1. The van der Waals surface area contributed by atoms with Crippen LogP contribution in [0.4, 0.5) is 5.13 Å². The zero-order chi connectivity index (χ0) is 19.4. The van der Waals surface area contributed by atoms with Crippen molar-refractivity contribution in [3.8, 4) is 11.5 Å². The molecule has 146 valence electrons. The molecule has 1 N–H and O–H groups in total. The SMILES string of the molecule is COc1cc(C(=O)Nc2nc(CN3CCCC(C)C3)cs2)cc(Cl)c1OC. The molecule has 1 atom stereocenters. The average Bonchev–Trinajstić information content (AvgIpc) is 3.07. The van der Waals surface area contributed by atoms with Crippen LogP contribution in [0.15, 0.2) is 17.5 Å². The maximum absolute atomic E-state index is 12.6. The van der Waals surface area contributed by atoms with E-state index in [0.29, 0.717) is 27.2 Å². The highest BCUT2D eigenvalue weighted by Gasteiger charge is 2.19. The number of anilines is 1. The van der Waals surface area contributed by atoms with Crippen molar-refractivity contribution in [2.24, 2.45) is 5.92 Å². The molecule has 27 heavy (non-hydrogen) atoms. The maximum Gasteiger partial charge on any atom is 0.257 e. The summed E-state index contributed by atoms with van der Waals surface area (Å²) in [7, 11) is 3.01. The molecule has 1 amide bonds. The fourth-order valence-corrected chi connectivity index (χ4v) is 4.30. The van der Waals surface area contributed by atoms with E-state index >= 15 is 0 Å². The Kier molecular flexibility index (Phi) is 6.57. The number of methoxy groups -OCH3 is 2. The summed E-state index contributed by atoms with van der Waals surface area (Å²) in [5.41, 5.74) is 1.37. The first-order valence-electron chi connectivity index (χ1n) is 8.89. The van der Waals surface area contributed by atoms with E-state index in [1.54, 1.807) is 12.1 Å². The molecule has 8 heteroatoms. The third kappa shape index (κ3) is 4.91. The normalized spacial score (nSPS) is 17.6. The van der Waals surface area contributed by atoms with E-state index in [2.05, 4.69) is 22.1 Å². The van der Waals surface area contributed by atoms with Gasteiger partial charge in [-0.05, 0) is 37.4 Å². The number of rotatable bonds is 6. The van der Waals surface area contributed by atoms with Gasteiger partial charge in [-0.15, -0.1) is 11.3 Å². The van der Waals surface area contributed by atoms with E-state index in [1.807, 2.05) is 5.38 Å². The molecular formula is C19H24ClN3O3S. The number of amides is 1. The predicted octanol–water partition coefficient (Wildman–Crippen LogP) is 4.30. The Labute approximate surface area is 168 Å². The van der Waals surface area contributed by atoms with E-state index in [9.17, 15) is 4.79 Å². The Morgan fingerprint density at radius 2 is 2.22 bits per heavy atom. The first kappa shape index (κ1) is 19.9. The van der Waals surface area contributed by atoms with Gasteiger partial charge < -0.3 is 9.47 Å². The molecule has 2 aromatic rings. The van der Waals surface area contributed by atoms with E-state index in [4.69, 9.17) is 21.1 Å². The van der Waals surface area contributed by atoms with Gasteiger partial charge in [-0.1, -0.05) is 18.5 Å². The van der Waals surface area contributed by atoms with Gasteiger partial charge in [0.15, 0.2) is 16.6 Å². The van der Waals surface area contributed by atoms with Crippen LogP contribution in [0.2, 0.25) is 5.02 Å². The number of thiazole rings is 1. The lowest BCUT2D eigenvalue weighted by atomic mass is 10.0. The van der Waals surface area contributed by atoms with Gasteiger partial charge in [0.05, 0.1) is 24.9 Å². The van der Waals surface area contributed by atoms with Crippen LogP contribution in [-0.2, 0) is 6.54 Å². The predicted molar refractivity (Wildman–Crippen MR) is 108 cm³/mol. The fraction of sp³-hybridized carbons (Fsp3) is 0.474. The van der Waals surface area contributed by atoms with Crippen molar-refractivity contribution >= 4 is 34.0 Å². The second-order valence-electron chi connectivity index (χ2n) is 6.77. The Balaban J connectivity index is 1.66. The molecule has 3 rings (SSSR count). The summed E-state index contributed by atoms with van der Waals surface area (Å²) in [4.78, 5) is 19.5. The number of nitrogens with one attached hydrogen (secondary N) is 1. The van der Waals surface area contributed by atoms with Crippen LogP contribution in [-0.4, -0.2) is 43.1 Å². The van der Waals surface area contributed by atoms with E-state index in [-0.39, 0.29) is 5.91 Å². The minimum absolute atomic E-state index is 0.287. The van der Waals surface area contributed by atoms with Crippen molar-refractivity contribution in [3.05, 3.63) is 33.8 Å². The number of carbonyl (C=O) groups excluding carboxylic acids is 1. The first-order chi connectivity index (χ1) is 13.0. The third-order valence-electron chi connectivity index (χ3n) is 4.59. The van der Waals surface area contributed by atoms with Crippen LogP contribution in [0.1, 0.15) is 35.8 Å². The van der Waals surface area contributed by atoms with E-state index in [0.717, 1.165) is 31.2 Å². The molecular weight excluding hydrogens is 386 g/mol. The number of halogens is 1. The van der Waals surface area contributed by atoms with Crippen molar-refractivity contribution in [3.63, 3.8) is 0 Å². The Bertz CT molecular complexity index is 811. The highest BCUT2D eigenvalue weighted by molar-refractivity contribution is 7.14. The lowest BCUT2D eigenvalue weighted by molar-refractivity contribution is 0.102. The van der Waals surface area contributed by atoms with Gasteiger partial charge in [0, 0.05) is 24.0 Å². The number of piperidine rings is 1. The summed E-state index contributed by atoms with van der Waals surface area (Å²) in [6.45, 7) is 5.31. The second kappa shape index (κ2) is 8.91. The zero-order valence-electron chi connectivity index (χ0n) is 15.8. The summed E-state index contributed by atoms with van der Waals surface area (Å²) >= 11 is 7.61. The summed E-state index contributed by atoms with van der Waals surface area (Å²) in [5, 5.41) is 5.73. The molecule has 1 fully saturated rings. The lowest BCUT2D eigenvalue weighted by Crippen LogP contribution is -2.33. The highest BCUT2D eigenvalue weighted by atomic mass is 35.5. The highest BCUT2D eigenvalue weighted by Crippen LogP contribution is 2.36. The molecule has 0 aliphatic carbocycles. The quantitative estimate of drug-likeness (QED) is 0.770. The summed E-state index contributed by atoms with van der Waals surface area (Å²) in [6, 6.07) is 3.16. The maximum atomic E-state index is 12.6. The number of aromatic nitrogens is 1. The van der Waals surface area contributed by atoms with Gasteiger partial charge >= 0.3 is 0 Å². The summed E-state index contributed by atoms with van der Waals surface area (Å²) in [6.07, 6.45) is 2.53. The fourth-order valence-electron chi connectivity index (χ4n) is 3.31. The van der Waals surface area contributed by atoms with Crippen LogP contribution in [0.3, 0.4) is 0 Å². The monoisotopic (exact) mass is 409 g/mol. The lowest BCUT2D eigenvalue weighted by Gasteiger charge is -2.30. The van der Waals surface area contributed by atoms with Crippen molar-refractivity contribution in [1.82, 2.24) is 9.88 Å². The molecule has 6 nitrogen and oxygen atoms in total. The van der Waals surface area contributed by atoms with Crippen LogP contribution in [0.5, 0.6) is 11.5 Å². The molecule has 1 aliphatic heterocycles. The number of hydrogen-bond acceptors (Lipinski definition) is 6. The topological polar surface area (TPSA) is 63.7 Å². The molecule has 2 heterocycles. The van der Waals surface area contributed by atoms with Gasteiger partial charge in [-0.2, -0.15) is 0 Å². The standard InChI is InChI=1S/C19H24ClN3O3S/c1-12-5-4-6-23(9-12)10-14-11-27-19(21-14)22-18(24)13-7-15(20)17(26-3)16(8-13)25-2/h7-8,11-12H,4-6,9-10H2,1-3H3,(H,21,22,24). The molecule has 0 spiro atoms. The van der Waals surface area contributed by atoms with Crippen LogP contribution >= 0.6 is 22.9 Å². The van der Waals surface area contributed by atoms with E-state index < -0.39 is 0 Å². The smallest absolute Gasteiger partial charge is 0.257 e. The molecule has 1 aliphatic rings. The van der Waals surface area contributed by atoms with Gasteiger partial charge in [0.1, 0.15) is 0 Å². The van der Waals surface area contributed by atoms with Gasteiger partial charge in [0.25, 0.3) is 5.91 Å². The summed E-state index contributed by atoms with van der Waals surface area (Å²) < 4.78 is 10.4. The van der Waals surface area contributed by atoms with Crippen LogP contribution in [0.25, 0.3) is 0 Å². The molecule has 1 unspecified atom stereocenters. The van der Waals surface area contributed by atoms with Crippen molar-refractivity contribution < 1.29 is 14.3 Å². The van der Waals surface area contributed by atoms with Crippen LogP contribution < -0.4 is 14.8 Å². The third-order valence-corrected chi connectivity index (χ3v) is 5.68. The number of likely N-dealkylation sites (tertiary alicyclic amines) is 1. The Morgan fingerprint density at radius 1 is 1.41 bits per heavy atom.